The molecule has 0 aliphatic carbocycles. The minimum absolute atomic E-state index is 0.104. The van der Waals surface area contributed by atoms with E-state index < -0.39 is 0 Å². The summed E-state index contributed by atoms with van der Waals surface area (Å²) < 4.78 is 4.69. The number of aryl methyl sites for hydroxylation is 1. The van der Waals surface area contributed by atoms with Gasteiger partial charge in [0.05, 0.1) is 19.6 Å². The van der Waals surface area contributed by atoms with Crippen molar-refractivity contribution < 1.29 is 14.3 Å². The molecule has 0 aromatic carbocycles. The second-order valence-electron chi connectivity index (χ2n) is 4.74. The van der Waals surface area contributed by atoms with E-state index in [0.717, 1.165) is 10.6 Å². The predicted molar refractivity (Wildman–Crippen MR) is 84.4 cm³/mol. The standard InChI is InChI=1S/C16H18N2O3S/c1-21-16(20)11-13(14-6-4-10-22-14)18-15(19)8-7-12-5-2-3-9-17-12/h2-6,9-10,13H,7-8,11H2,1H3,(H,18,19)/t13-/m0/s1. The van der Waals surface area contributed by atoms with Crippen molar-refractivity contribution in [3.8, 4) is 0 Å². The van der Waals surface area contributed by atoms with Crippen LogP contribution in [0.2, 0.25) is 0 Å². The third-order valence-electron chi connectivity index (χ3n) is 3.15. The number of carbonyl (C=O) groups excluding carboxylic acids is 2. The highest BCUT2D eigenvalue weighted by Gasteiger charge is 2.19. The molecule has 0 radical (unpaired) electrons. The van der Waals surface area contributed by atoms with Gasteiger partial charge in [0.1, 0.15) is 0 Å². The summed E-state index contributed by atoms with van der Waals surface area (Å²) in [5.41, 5.74) is 0.873. The number of amides is 1. The van der Waals surface area contributed by atoms with Crippen molar-refractivity contribution in [2.75, 3.05) is 7.11 Å². The zero-order valence-corrected chi connectivity index (χ0v) is 13.1. The molecular formula is C16H18N2O3S. The van der Waals surface area contributed by atoms with Crippen LogP contribution >= 0.6 is 11.3 Å². The molecule has 1 atom stereocenters. The number of nitrogens with one attached hydrogen (secondary N) is 1. The molecule has 1 amide bonds. The Hall–Kier alpha value is -2.21. The largest absolute Gasteiger partial charge is 0.469 e. The van der Waals surface area contributed by atoms with Gasteiger partial charge in [0.25, 0.3) is 0 Å². The molecule has 0 saturated heterocycles. The summed E-state index contributed by atoms with van der Waals surface area (Å²) in [4.78, 5) is 28.7. The lowest BCUT2D eigenvalue weighted by Gasteiger charge is -2.16. The molecule has 0 bridgehead atoms. The fourth-order valence-corrected chi connectivity index (χ4v) is 2.79. The average molecular weight is 318 g/mol. The molecule has 2 rings (SSSR count). The van der Waals surface area contributed by atoms with Crippen LogP contribution in [0, 0.1) is 0 Å². The highest BCUT2D eigenvalue weighted by atomic mass is 32.1. The Bertz CT molecular complexity index is 599. The summed E-state index contributed by atoms with van der Waals surface area (Å²) in [7, 11) is 1.34. The van der Waals surface area contributed by atoms with Gasteiger partial charge >= 0.3 is 5.97 Å². The highest BCUT2D eigenvalue weighted by molar-refractivity contribution is 7.10. The molecule has 1 N–H and O–H groups in total. The molecule has 22 heavy (non-hydrogen) atoms. The Morgan fingerprint density at radius 1 is 1.32 bits per heavy atom. The molecular weight excluding hydrogens is 300 g/mol. The average Bonchev–Trinajstić information content (AvgIpc) is 3.07. The summed E-state index contributed by atoms with van der Waals surface area (Å²) >= 11 is 1.51. The van der Waals surface area contributed by atoms with Crippen LogP contribution in [0.5, 0.6) is 0 Å². The van der Waals surface area contributed by atoms with Gasteiger partial charge in [0, 0.05) is 23.2 Å². The van der Waals surface area contributed by atoms with E-state index in [1.807, 2.05) is 35.7 Å². The SMILES string of the molecule is COC(=O)C[C@H](NC(=O)CCc1ccccn1)c1cccs1. The van der Waals surface area contributed by atoms with Gasteiger partial charge < -0.3 is 10.1 Å². The molecule has 0 aliphatic heterocycles. The van der Waals surface area contributed by atoms with Crippen molar-refractivity contribution in [2.45, 2.75) is 25.3 Å². The first-order chi connectivity index (χ1) is 10.7. The molecule has 0 saturated carbocycles. The minimum Gasteiger partial charge on any atom is -0.469 e. The van der Waals surface area contributed by atoms with Crippen molar-refractivity contribution in [1.82, 2.24) is 10.3 Å². The molecule has 0 aliphatic rings. The van der Waals surface area contributed by atoms with Crippen LogP contribution in [0.15, 0.2) is 41.9 Å². The van der Waals surface area contributed by atoms with Crippen LogP contribution < -0.4 is 5.32 Å². The lowest BCUT2D eigenvalue weighted by atomic mass is 10.1. The molecule has 5 nitrogen and oxygen atoms in total. The maximum atomic E-state index is 12.1. The van der Waals surface area contributed by atoms with Gasteiger partial charge in [-0.3, -0.25) is 14.6 Å². The molecule has 0 fully saturated rings. The van der Waals surface area contributed by atoms with E-state index in [1.54, 1.807) is 6.20 Å². The molecule has 0 spiro atoms. The van der Waals surface area contributed by atoms with E-state index in [4.69, 9.17) is 4.74 Å². The van der Waals surface area contributed by atoms with Gasteiger partial charge in [-0.2, -0.15) is 0 Å². The van der Waals surface area contributed by atoms with Crippen molar-refractivity contribution >= 4 is 23.2 Å². The number of methoxy groups -OCH3 is 1. The van der Waals surface area contributed by atoms with Crippen LogP contribution in [-0.4, -0.2) is 24.0 Å². The quantitative estimate of drug-likeness (QED) is 0.796. The Labute approximate surface area is 133 Å². The number of ether oxygens (including phenoxy) is 1. The van der Waals surface area contributed by atoms with E-state index in [-0.39, 0.29) is 24.3 Å². The third kappa shape index (κ3) is 4.96. The second-order valence-corrected chi connectivity index (χ2v) is 5.72. The van der Waals surface area contributed by atoms with Crippen molar-refractivity contribution in [3.63, 3.8) is 0 Å². The monoisotopic (exact) mass is 318 g/mol. The molecule has 2 aromatic rings. The van der Waals surface area contributed by atoms with Gasteiger partial charge in [-0.1, -0.05) is 12.1 Å². The highest BCUT2D eigenvalue weighted by Crippen LogP contribution is 2.22. The Kier molecular flexibility index (Phi) is 6.09. The first-order valence-electron chi connectivity index (χ1n) is 6.98. The van der Waals surface area contributed by atoms with Gasteiger partial charge in [-0.25, -0.2) is 0 Å². The van der Waals surface area contributed by atoms with Crippen LogP contribution in [0.4, 0.5) is 0 Å². The van der Waals surface area contributed by atoms with Crippen molar-refractivity contribution in [3.05, 3.63) is 52.5 Å². The Balaban J connectivity index is 1.92. The minimum atomic E-state index is -0.344. The topological polar surface area (TPSA) is 68.3 Å². The van der Waals surface area contributed by atoms with E-state index in [9.17, 15) is 9.59 Å². The normalized spacial score (nSPS) is 11.7. The number of thiophene rings is 1. The number of rotatable bonds is 7. The zero-order valence-electron chi connectivity index (χ0n) is 12.3. The lowest BCUT2D eigenvalue weighted by molar-refractivity contribution is -0.141. The maximum absolute atomic E-state index is 12.1. The van der Waals surface area contributed by atoms with Crippen LogP contribution in [-0.2, 0) is 20.7 Å². The maximum Gasteiger partial charge on any atom is 0.307 e. The summed E-state index contributed by atoms with van der Waals surface area (Å²) in [5.74, 6) is -0.448. The number of carbonyl (C=O) groups is 2. The number of hydrogen-bond acceptors (Lipinski definition) is 5. The van der Waals surface area contributed by atoms with E-state index in [1.165, 1.54) is 18.4 Å². The van der Waals surface area contributed by atoms with Gasteiger partial charge in [0.2, 0.25) is 5.91 Å². The number of pyridine rings is 1. The van der Waals surface area contributed by atoms with Crippen molar-refractivity contribution in [1.29, 1.82) is 0 Å². The fraction of sp³-hybridized carbons (Fsp3) is 0.312. The molecule has 2 aromatic heterocycles. The summed E-state index contributed by atoms with van der Waals surface area (Å²) in [6, 6.07) is 9.07. The number of aromatic nitrogens is 1. The van der Waals surface area contributed by atoms with Crippen molar-refractivity contribution in [2.24, 2.45) is 0 Å². The van der Waals surface area contributed by atoms with Gasteiger partial charge in [-0.15, -0.1) is 11.3 Å². The second kappa shape index (κ2) is 8.29. The molecule has 2 heterocycles. The fourth-order valence-electron chi connectivity index (χ4n) is 2.02. The number of esters is 1. The third-order valence-corrected chi connectivity index (χ3v) is 4.14. The number of nitrogens with zero attached hydrogens (tertiary/aromatic N) is 1. The Morgan fingerprint density at radius 3 is 2.82 bits per heavy atom. The number of hydrogen-bond donors (Lipinski definition) is 1. The smallest absolute Gasteiger partial charge is 0.307 e. The Morgan fingerprint density at radius 2 is 2.18 bits per heavy atom. The molecule has 116 valence electrons. The molecule has 6 heteroatoms. The van der Waals surface area contributed by atoms with Gasteiger partial charge in [-0.05, 0) is 30.0 Å². The van der Waals surface area contributed by atoms with E-state index >= 15 is 0 Å². The van der Waals surface area contributed by atoms with Crippen LogP contribution in [0.25, 0.3) is 0 Å². The summed E-state index contributed by atoms with van der Waals surface area (Å²) in [5, 5.41) is 4.81. The lowest BCUT2D eigenvalue weighted by Crippen LogP contribution is -2.30. The van der Waals surface area contributed by atoms with E-state index in [0.29, 0.717) is 12.8 Å². The summed E-state index contributed by atoms with van der Waals surface area (Å²) in [6.45, 7) is 0. The van der Waals surface area contributed by atoms with Crippen LogP contribution in [0.1, 0.15) is 29.5 Å². The van der Waals surface area contributed by atoms with Crippen LogP contribution in [0.3, 0.4) is 0 Å². The summed E-state index contributed by atoms with van der Waals surface area (Å²) in [6.07, 6.45) is 2.74. The predicted octanol–water partition coefficient (Wildman–Crippen LogP) is 2.50. The molecule has 0 unspecified atom stereocenters. The zero-order chi connectivity index (χ0) is 15.8. The van der Waals surface area contributed by atoms with Gasteiger partial charge in [0.15, 0.2) is 0 Å². The first kappa shape index (κ1) is 16.2. The van der Waals surface area contributed by atoms with E-state index in [2.05, 4.69) is 10.3 Å². The first-order valence-corrected chi connectivity index (χ1v) is 7.86.